The van der Waals surface area contributed by atoms with Gasteiger partial charge >= 0.3 is 5.97 Å². The number of fused-ring (bicyclic) bond motifs is 1. The van der Waals surface area contributed by atoms with Gasteiger partial charge in [-0.05, 0) is 36.6 Å². The summed E-state index contributed by atoms with van der Waals surface area (Å²) in [6.45, 7) is 5.38. The van der Waals surface area contributed by atoms with E-state index in [1.54, 1.807) is 0 Å². The minimum Gasteiger partial charge on any atom is -0.466 e. The molecule has 1 N–H and O–H groups in total. The zero-order valence-corrected chi connectivity index (χ0v) is 13.2. The second kappa shape index (κ2) is 6.93. The molecule has 1 fully saturated rings. The molecular weight excluding hydrogens is 274 g/mol. The number of carbonyl (C=O) groups is 1. The Hall–Kier alpha value is -1.87. The van der Waals surface area contributed by atoms with Gasteiger partial charge in [0.25, 0.3) is 0 Å². The van der Waals surface area contributed by atoms with Crippen LogP contribution in [0.5, 0.6) is 0 Å². The van der Waals surface area contributed by atoms with Crippen LogP contribution in [0.3, 0.4) is 0 Å². The fourth-order valence-electron chi connectivity index (χ4n) is 3.41. The molecule has 0 aromatic heterocycles. The number of hydrogen-bond acceptors (Lipinski definition) is 2. The fraction of sp³-hybridized carbons (Fsp3) is 0.421. The summed E-state index contributed by atoms with van der Waals surface area (Å²) >= 11 is 0. The summed E-state index contributed by atoms with van der Waals surface area (Å²) in [7, 11) is 0. The van der Waals surface area contributed by atoms with Crippen molar-refractivity contribution < 1.29 is 14.4 Å². The normalized spacial score (nSPS) is 21.7. The van der Waals surface area contributed by atoms with E-state index in [2.05, 4.69) is 42.5 Å². The van der Waals surface area contributed by atoms with Crippen LogP contribution in [-0.2, 0) is 16.1 Å². The largest absolute Gasteiger partial charge is 0.466 e. The third-order valence-corrected chi connectivity index (χ3v) is 4.51. The summed E-state index contributed by atoms with van der Waals surface area (Å²) in [6, 6.07) is 15.1. The molecule has 0 bridgehead atoms. The first-order valence-electron chi connectivity index (χ1n) is 8.24. The van der Waals surface area contributed by atoms with Gasteiger partial charge in [0.1, 0.15) is 12.5 Å². The number of hydrogen-bond donors (Lipinski definition) is 1. The number of carbonyl (C=O) groups excluding carboxylic acids is 1. The molecule has 0 aliphatic carbocycles. The molecule has 2 aromatic rings. The predicted octanol–water partition coefficient (Wildman–Crippen LogP) is 2.20. The number of nitrogens with one attached hydrogen (secondary N) is 1. The van der Waals surface area contributed by atoms with E-state index >= 15 is 0 Å². The van der Waals surface area contributed by atoms with Gasteiger partial charge in [-0.2, -0.15) is 0 Å². The molecule has 0 amide bonds. The number of rotatable bonds is 4. The van der Waals surface area contributed by atoms with Crippen LogP contribution < -0.4 is 4.90 Å². The third-order valence-electron chi connectivity index (χ3n) is 4.51. The van der Waals surface area contributed by atoms with Crippen molar-refractivity contribution in [3.8, 4) is 0 Å². The van der Waals surface area contributed by atoms with Crippen LogP contribution in [0.1, 0.15) is 25.3 Å². The fourth-order valence-corrected chi connectivity index (χ4v) is 3.41. The van der Waals surface area contributed by atoms with Crippen LogP contribution in [-0.4, -0.2) is 25.7 Å². The maximum absolute atomic E-state index is 11.9. The zero-order valence-electron chi connectivity index (χ0n) is 13.2. The van der Waals surface area contributed by atoms with Crippen molar-refractivity contribution in [2.45, 2.75) is 26.3 Å². The van der Waals surface area contributed by atoms with E-state index in [0.29, 0.717) is 6.61 Å². The third kappa shape index (κ3) is 3.47. The Labute approximate surface area is 131 Å². The molecule has 3 heteroatoms. The highest BCUT2D eigenvalue weighted by atomic mass is 16.5. The summed E-state index contributed by atoms with van der Waals surface area (Å²) < 4.78 is 5.19. The predicted molar refractivity (Wildman–Crippen MR) is 87.7 cm³/mol. The number of ether oxygens (including phenoxy) is 1. The number of piperidine rings is 1. The van der Waals surface area contributed by atoms with Crippen molar-refractivity contribution in [2.24, 2.45) is 5.92 Å². The highest BCUT2D eigenvalue weighted by Gasteiger charge is 2.29. The number of esters is 1. The second-order valence-electron chi connectivity index (χ2n) is 6.15. The van der Waals surface area contributed by atoms with Gasteiger partial charge in [0.15, 0.2) is 0 Å². The molecular formula is C19H24NO2+. The summed E-state index contributed by atoms with van der Waals surface area (Å²) in [5.74, 6) is 0.0577. The average molecular weight is 298 g/mol. The minimum absolute atomic E-state index is 0.0155. The zero-order chi connectivity index (χ0) is 15.4. The standard InChI is InChI=1S/C19H23NO2/c1-2-22-19(21)18-8-5-11-20(14-18)13-15-9-10-16-6-3-4-7-17(16)12-15/h3-4,6-7,9-10,12,18H,2,5,8,11,13-14H2,1H3/p+1/t18-/m0/s1. The molecule has 116 valence electrons. The van der Waals surface area contributed by atoms with Gasteiger partial charge in [0.2, 0.25) is 0 Å². The minimum atomic E-state index is -0.0155. The van der Waals surface area contributed by atoms with Gasteiger partial charge in [-0.3, -0.25) is 4.79 Å². The molecule has 2 aromatic carbocycles. The van der Waals surface area contributed by atoms with Gasteiger partial charge in [-0.1, -0.05) is 36.4 Å². The number of quaternary nitrogens is 1. The van der Waals surface area contributed by atoms with Crippen LogP contribution in [0.15, 0.2) is 42.5 Å². The molecule has 3 rings (SSSR count). The highest BCUT2D eigenvalue weighted by Crippen LogP contribution is 2.16. The van der Waals surface area contributed by atoms with E-state index < -0.39 is 0 Å². The van der Waals surface area contributed by atoms with E-state index in [-0.39, 0.29) is 11.9 Å². The first-order valence-corrected chi connectivity index (χ1v) is 8.24. The lowest BCUT2D eigenvalue weighted by molar-refractivity contribution is -0.921. The summed E-state index contributed by atoms with van der Waals surface area (Å²) in [4.78, 5) is 13.4. The lowest BCUT2D eigenvalue weighted by atomic mass is 9.97. The maximum Gasteiger partial charge on any atom is 0.314 e. The molecule has 1 aliphatic heterocycles. The Morgan fingerprint density at radius 2 is 2.05 bits per heavy atom. The highest BCUT2D eigenvalue weighted by molar-refractivity contribution is 5.82. The molecule has 1 aliphatic rings. The van der Waals surface area contributed by atoms with Crippen LogP contribution in [0.4, 0.5) is 0 Å². The Bertz CT molecular complexity index is 653. The van der Waals surface area contributed by atoms with Crippen LogP contribution in [0.25, 0.3) is 10.8 Å². The Morgan fingerprint density at radius 1 is 1.23 bits per heavy atom. The maximum atomic E-state index is 11.9. The van der Waals surface area contributed by atoms with Crippen molar-refractivity contribution >= 4 is 16.7 Å². The summed E-state index contributed by atoms with van der Waals surface area (Å²) in [6.07, 6.45) is 2.08. The smallest absolute Gasteiger partial charge is 0.314 e. The molecule has 1 unspecified atom stereocenters. The lowest BCUT2D eigenvalue weighted by Gasteiger charge is -2.28. The Morgan fingerprint density at radius 3 is 2.86 bits per heavy atom. The van der Waals surface area contributed by atoms with E-state index in [1.165, 1.54) is 21.2 Å². The Kier molecular flexibility index (Phi) is 4.74. The van der Waals surface area contributed by atoms with Crippen molar-refractivity contribution in [1.82, 2.24) is 0 Å². The first-order chi connectivity index (χ1) is 10.8. The van der Waals surface area contributed by atoms with Gasteiger partial charge in [0.05, 0.1) is 19.7 Å². The van der Waals surface area contributed by atoms with Gasteiger partial charge < -0.3 is 9.64 Å². The van der Waals surface area contributed by atoms with Gasteiger partial charge in [-0.15, -0.1) is 0 Å². The summed E-state index contributed by atoms with van der Waals surface area (Å²) in [5.41, 5.74) is 1.35. The topological polar surface area (TPSA) is 30.7 Å². The first kappa shape index (κ1) is 15.0. The molecule has 2 atom stereocenters. The van der Waals surface area contributed by atoms with Crippen LogP contribution in [0.2, 0.25) is 0 Å². The number of likely N-dealkylation sites (tertiary alicyclic amines) is 1. The molecule has 1 saturated heterocycles. The van der Waals surface area contributed by atoms with Crippen molar-refractivity contribution in [2.75, 3.05) is 19.7 Å². The van der Waals surface area contributed by atoms with Crippen LogP contribution in [0, 0.1) is 5.92 Å². The second-order valence-corrected chi connectivity index (χ2v) is 6.15. The lowest BCUT2D eigenvalue weighted by Crippen LogP contribution is -3.12. The van der Waals surface area contributed by atoms with E-state index in [1.807, 2.05) is 6.92 Å². The van der Waals surface area contributed by atoms with Crippen LogP contribution >= 0.6 is 0 Å². The SMILES string of the molecule is CCOC(=O)[C@H]1CCC[NH+](Cc2ccc3ccccc3c2)C1. The monoisotopic (exact) mass is 298 g/mol. The van der Waals surface area contributed by atoms with Crippen molar-refractivity contribution in [3.05, 3.63) is 48.0 Å². The molecule has 0 spiro atoms. The Balaban J connectivity index is 1.67. The molecule has 0 saturated carbocycles. The molecule has 22 heavy (non-hydrogen) atoms. The summed E-state index contributed by atoms with van der Waals surface area (Å²) in [5, 5.41) is 2.57. The molecule has 1 heterocycles. The van der Waals surface area contributed by atoms with Crippen molar-refractivity contribution in [3.63, 3.8) is 0 Å². The van der Waals surface area contributed by atoms with Gasteiger partial charge in [-0.25, -0.2) is 0 Å². The molecule has 3 nitrogen and oxygen atoms in total. The van der Waals surface area contributed by atoms with E-state index in [9.17, 15) is 4.79 Å². The van der Waals surface area contributed by atoms with E-state index in [4.69, 9.17) is 4.74 Å². The number of benzene rings is 2. The van der Waals surface area contributed by atoms with E-state index in [0.717, 1.165) is 32.5 Å². The quantitative estimate of drug-likeness (QED) is 0.877. The molecule has 0 radical (unpaired) electrons. The average Bonchev–Trinajstić information content (AvgIpc) is 2.55. The van der Waals surface area contributed by atoms with Gasteiger partial charge in [0, 0.05) is 5.56 Å². The van der Waals surface area contributed by atoms with Crippen molar-refractivity contribution in [1.29, 1.82) is 0 Å².